The molecule has 2 aliphatic rings. The summed E-state index contributed by atoms with van der Waals surface area (Å²) < 4.78 is 8.80. The van der Waals surface area contributed by atoms with Crippen molar-refractivity contribution < 1.29 is 14.6 Å². The number of ether oxygens (including phenoxy) is 1. The average Bonchev–Trinajstić information content (AvgIpc) is 3.52. The summed E-state index contributed by atoms with van der Waals surface area (Å²) in [5.41, 5.74) is 1.33. The zero-order valence-electron chi connectivity index (χ0n) is 16.7. The molecule has 1 saturated heterocycles. The standard InChI is InChI=1S/C21H24N6O3/c1-30-20-5-3-2-4-17(20)26-11-16(8-23-26)21(29)25-9-14-6-18(27-13-22-12-24-27)19(28)7-15(14)10-25/h2-5,8,11-15,18-19,28H,6-7,9-10H2,1H3/t14-,15+,18-,19-/m1/s1. The fraction of sp³-hybridized carbons (Fsp3) is 0.429. The summed E-state index contributed by atoms with van der Waals surface area (Å²) in [4.78, 5) is 19.0. The van der Waals surface area contributed by atoms with Crippen LogP contribution in [0.3, 0.4) is 0 Å². The number of benzene rings is 1. The van der Waals surface area contributed by atoms with Crippen molar-refractivity contribution in [2.75, 3.05) is 20.2 Å². The largest absolute Gasteiger partial charge is 0.494 e. The Morgan fingerprint density at radius 1 is 1.17 bits per heavy atom. The first-order chi connectivity index (χ1) is 14.6. The van der Waals surface area contributed by atoms with Crippen molar-refractivity contribution in [2.45, 2.75) is 25.0 Å². The number of fused-ring (bicyclic) bond motifs is 1. The molecule has 4 atom stereocenters. The predicted molar refractivity (Wildman–Crippen MR) is 107 cm³/mol. The van der Waals surface area contributed by atoms with E-state index in [1.807, 2.05) is 29.2 Å². The van der Waals surface area contributed by atoms with Gasteiger partial charge in [0.1, 0.15) is 24.1 Å². The second-order valence-electron chi connectivity index (χ2n) is 8.06. The van der Waals surface area contributed by atoms with Crippen molar-refractivity contribution in [3.63, 3.8) is 0 Å². The van der Waals surface area contributed by atoms with Crippen molar-refractivity contribution >= 4 is 5.91 Å². The molecule has 2 fully saturated rings. The average molecular weight is 408 g/mol. The van der Waals surface area contributed by atoms with Gasteiger partial charge in [-0.2, -0.15) is 10.2 Å². The maximum Gasteiger partial charge on any atom is 0.257 e. The van der Waals surface area contributed by atoms with Crippen LogP contribution in [0.15, 0.2) is 49.3 Å². The normalized spacial score (nSPS) is 25.9. The van der Waals surface area contributed by atoms with E-state index in [0.29, 0.717) is 42.7 Å². The fourth-order valence-electron chi connectivity index (χ4n) is 4.81. The Morgan fingerprint density at radius 2 is 1.97 bits per heavy atom. The van der Waals surface area contributed by atoms with Gasteiger partial charge < -0.3 is 14.7 Å². The summed E-state index contributed by atoms with van der Waals surface area (Å²) >= 11 is 0. The zero-order valence-corrected chi connectivity index (χ0v) is 16.7. The summed E-state index contributed by atoms with van der Waals surface area (Å²) in [7, 11) is 1.61. The Kier molecular flexibility index (Phi) is 4.74. The maximum absolute atomic E-state index is 13.1. The number of aliphatic hydroxyl groups is 1. The number of methoxy groups -OCH3 is 1. The highest BCUT2D eigenvalue weighted by molar-refractivity contribution is 5.94. The van der Waals surface area contributed by atoms with E-state index in [0.717, 1.165) is 12.1 Å². The second-order valence-corrected chi connectivity index (χ2v) is 8.06. The monoisotopic (exact) mass is 408 g/mol. The lowest BCUT2D eigenvalue weighted by molar-refractivity contribution is 0.0304. The van der Waals surface area contributed by atoms with Crippen LogP contribution in [0.2, 0.25) is 0 Å². The Bertz CT molecular complexity index is 1030. The molecule has 3 heterocycles. The number of rotatable bonds is 4. The minimum absolute atomic E-state index is 0.0302. The smallest absolute Gasteiger partial charge is 0.257 e. The van der Waals surface area contributed by atoms with E-state index in [9.17, 15) is 9.90 Å². The van der Waals surface area contributed by atoms with Crippen molar-refractivity contribution in [2.24, 2.45) is 11.8 Å². The maximum atomic E-state index is 13.1. The minimum atomic E-state index is -0.476. The molecule has 9 heteroatoms. The lowest BCUT2D eigenvalue weighted by Gasteiger charge is -2.34. The van der Waals surface area contributed by atoms with Crippen molar-refractivity contribution in [3.05, 3.63) is 54.9 Å². The molecule has 0 radical (unpaired) electrons. The SMILES string of the molecule is COc1ccccc1-n1cc(C(=O)N2C[C@H]3C[C@@H](n4cncn4)[C@H](O)C[C@H]3C2)cn1. The number of carbonyl (C=O) groups is 1. The van der Waals surface area contributed by atoms with Crippen LogP contribution in [-0.4, -0.2) is 66.8 Å². The molecule has 9 nitrogen and oxygen atoms in total. The highest BCUT2D eigenvalue weighted by atomic mass is 16.5. The van der Waals surface area contributed by atoms with Gasteiger partial charge in [-0.15, -0.1) is 0 Å². The van der Waals surface area contributed by atoms with Crippen molar-refractivity contribution in [1.29, 1.82) is 0 Å². The third kappa shape index (κ3) is 3.24. The quantitative estimate of drug-likeness (QED) is 0.704. The number of hydrogen-bond acceptors (Lipinski definition) is 6. The van der Waals surface area contributed by atoms with E-state index in [2.05, 4.69) is 15.2 Å². The molecule has 3 aromatic rings. The van der Waals surface area contributed by atoms with Gasteiger partial charge >= 0.3 is 0 Å². The van der Waals surface area contributed by atoms with Crippen LogP contribution in [0.4, 0.5) is 0 Å². The van der Waals surface area contributed by atoms with E-state index in [-0.39, 0.29) is 11.9 Å². The highest BCUT2D eigenvalue weighted by Crippen LogP contribution is 2.41. The predicted octanol–water partition coefficient (Wildman–Crippen LogP) is 1.56. The number of hydrogen-bond donors (Lipinski definition) is 1. The van der Waals surface area contributed by atoms with Gasteiger partial charge in [0, 0.05) is 19.3 Å². The number of aliphatic hydroxyl groups excluding tert-OH is 1. The molecule has 1 aliphatic carbocycles. The van der Waals surface area contributed by atoms with E-state index in [4.69, 9.17) is 4.74 Å². The first-order valence-electron chi connectivity index (χ1n) is 10.1. The summed E-state index contributed by atoms with van der Waals surface area (Å²) in [5.74, 6) is 1.31. The topological polar surface area (TPSA) is 98.3 Å². The van der Waals surface area contributed by atoms with E-state index in [1.165, 1.54) is 6.33 Å². The molecule has 1 saturated carbocycles. The van der Waals surface area contributed by atoms with Gasteiger partial charge in [0.25, 0.3) is 5.91 Å². The summed E-state index contributed by atoms with van der Waals surface area (Å²) in [6, 6.07) is 7.47. The summed E-state index contributed by atoms with van der Waals surface area (Å²) in [6.07, 6.45) is 7.47. The minimum Gasteiger partial charge on any atom is -0.494 e. The molecular formula is C21H24N6O3. The lowest BCUT2D eigenvalue weighted by atomic mass is 9.77. The molecule has 1 amide bonds. The number of para-hydroxylation sites is 2. The molecule has 0 spiro atoms. The van der Waals surface area contributed by atoms with Crippen molar-refractivity contribution in [1.82, 2.24) is 29.4 Å². The molecule has 0 unspecified atom stereocenters. The van der Waals surface area contributed by atoms with Gasteiger partial charge in [0.15, 0.2) is 0 Å². The van der Waals surface area contributed by atoms with Gasteiger partial charge in [0.05, 0.1) is 31.0 Å². The molecule has 1 aromatic carbocycles. The Labute approximate surface area is 173 Å². The molecule has 5 rings (SSSR count). The third-order valence-corrected chi connectivity index (χ3v) is 6.33. The number of likely N-dealkylation sites (tertiary alicyclic amines) is 1. The molecule has 156 valence electrons. The van der Waals surface area contributed by atoms with E-state index in [1.54, 1.807) is 35.2 Å². The van der Waals surface area contributed by atoms with Crippen LogP contribution in [0.5, 0.6) is 5.75 Å². The lowest BCUT2D eigenvalue weighted by Crippen LogP contribution is -2.36. The van der Waals surface area contributed by atoms with Gasteiger partial charge in [-0.05, 0) is 36.8 Å². The summed E-state index contributed by atoms with van der Waals surface area (Å²) in [6.45, 7) is 1.34. The van der Waals surface area contributed by atoms with Gasteiger partial charge in [-0.1, -0.05) is 12.1 Å². The van der Waals surface area contributed by atoms with Gasteiger partial charge in [-0.3, -0.25) is 4.79 Å². The number of amides is 1. The molecule has 0 bridgehead atoms. The molecule has 30 heavy (non-hydrogen) atoms. The summed E-state index contributed by atoms with van der Waals surface area (Å²) in [5, 5.41) is 19.2. The first kappa shape index (κ1) is 18.8. The second kappa shape index (κ2) is 7.56. The van der Waals surface area contributed by atoms with Crippen LogP contribution in [0.25, 0.3) is 5.69 Å². The first-order valence-corrected chi connectivity index (χ1v) is 10.1. The molecule has 2 aromatic heterocycles. The van der Waals surface area contributed by atoms with Crippen LogP contribution in [0.1, 0.15) is 29.2 Å². The zero-order chi connectivity index (χ0) is 20.7. The van der Waals surface area contributed by atoms with Crippen LogP contribution in [-0.2, 0) is 0 Å². The fourth-order valence-corrected chi connectivity index (χ4v) is 4.81. The van der Waals surface area contributed by atoms with E-state index >= 15 is 0 Å². The molecular weight excluding hydrogens is 384 g/mol. The van der Waals surface area contributed by atoms with Crippen molar-refractivity contribution in [3.8, 4) is 11.4 Å². The number of carbonyl (C=O) groups excluding carboxylic acids is 1. The number of nitrogens with zero attached hydrogens (tertiary/aromatic N) is 6. The number of aromatic nitrogens is 5. The molecule has 1 N–H and O–H groups in total. The molecule has 1 aliphatic heterocycles. The third-order valence-electron chi connectivity index (χ3n) is 6.33. The van der Waals surface area contributed by atoms with Gasteiger partial charge in [0.2, 0.25) is 0 Å². The Morgan fingerprint density at radius 3 is 2.73 bits per heavy atom. The Balaban J connectivity index is 1.31. The van der Waals surface area contributed by atoms with Crippen LogP contribution >= 0.6 is 0 Å². The van der Waals surface area contributed by atoms with Gasteiger partial charge in [-0.25, -0.2) is 14.3 Å². The Hall–Kier alpha value is -3.20. The van der Waals surface area contributed by atoms with E-state index < -0.39 is 6.10 Å². The van der Waals surface area contributed by atoms with Crippen LogP contribution in [0, 0.1) is 11.8 Å². The highest BCUT2D eigenvalue weighted by Gasteiger charge is 2.44. The van der Waals surface area contributed by atoms with Crippen LogP contribution < -0.4 is 4.74 Å².